The van der Waals surface area contributed by atoms with E-state index in [4.69, 9.17) is 5.73 Å². The number of benzene rings is 1. The highest BCUT2D eigenvalue weighted by atomic mass is 19.1. The lowest BCUT2D eigenvalue weighted by Crippen LogP contribution is -2.40. The van der Waals surface area contributed by atoms with Gasteiger partial charge in [-0.25, -0.2) is 4.39 Å². The fraction of sp³-hybridized carbons (Fsp3) is 0.500. The van der Waals surface area contributed by atoms with Gasteiger partial charge in [-0.3, -0.25) is 4.79 Å². The topological polar surface area (TPSA) is 46.3 Å². The summed E-state index contributed by atoms with van der Waals surface area (Å²) < 4.78 is 12.7. The van der Waals surface area contributed by atoms with E-state index in [1.807, 2.05) is 13.8 Å². The summed E-state index contributed by atoms with van der Waals surface area (Å²) in [6, 6.07) is 6.19. The lowest BCUT2D eigenvalue weighted by molar-refractivity contribution is -0.134. The van der Waals surface area contributed by atoms with E-state index < -0.39 is 0 Å². The van der Waals surface area contributed by atoms with Crippen LogP contribution in [0.25, 0.3) is 0 Å². The number of nitrogens with two attached hydrogens (primary N) is 1. The van der Waals surface area contributed by atoms with Crippen molar-refractivity contribution in [3.63, 3.8) is 0 Å². The molecule has 1 aromatic carbocycles. The Morgan fingerprint density at radius 3 is 2.39 bits per heavy atom. The Bertz CT molecular complexity index is 389. The predicted molar refractivity (Wildman–Crippen MR) is 70.6 cm³/mol. The van der Waals surface area contributed by atoms with Gasteiger partial charge < -0.3 is 10.6 Å². The van der Waals surface area contributed by atoms with Gasteiger partial charge in [0, 0.05) is 19.6 Å². The summed E-state index contributed by atoms with van der Waals surface area (Å²) in [7, 11) is 1.77. The number of nitrogens with zero attached hydrogens (tertiary/aromatic N) is 1. The van der Waals surface area contributed by atoms with Gasteiger partial charge in [-0.1, -0.05) is 19.1 Å². The second-order valence-electron chi connectivity index (χ2n) is 4.78. The molecule has 0 aromatic heterocycles. The van der Waals surface area contributed by atoms with Gasteiger partial charge in [0.15, 0.2) is 0 Å². The summed E-state index contributed by atoms with van der Waals surface area (Å²) in [6.07, 6.45) is 0.716. The highest BCUT2D eigenvalue weighted by molar-refractivity contribution is 5.78. The first-order valence-corrected chi connectivity index (χ1v) is 6.17. The number of carbonyl (C=O) groups excluding carboxylic acids is 1. The van der Waals surface area contributed by atoms with E-state index in [0.29, 0.717) is 13.0 Å². The van der Waals surface area contributed by atoms with Gasteiger partial charge >= 0.3 is 0 Å². The van der Waals surface area contributed by atoms with Crippen molar-refractivity contribution in [2.75, 3.05) is 13.6 Å². The van der Waals surface area contributed by atoms with E-state index >= 15 is 0 Å². The second kappa shape index (κ2) is 6.50. The molecule has 0 fully saturated rings. The molecule has 0 aliphatic rings. The first kappa shape index (κ1) is 14.6. The van der Waals surface area contributed by atoms with Crippen LogP contribution in [-0.2, 0) is 11.2 Å². The zero-order valence-electron chi connectivity index (χ0n) is 11.2. The van der Waals surface area contributed by atoms with Gasteiger partial charge in [0.05, 0.1) is 5.92 Å². The zero-order chi connectivity index (χ0) is 13.7. The summed E-state index contributed by atoms with van der Waals surface area (Å²) in [5.74, 6) is -0.371. The molecule has 1 aromatic rings. The van der Waals surface area contributed by atoms with Crippen molar-refractivity contribution < 1.29 is 9.18 Å². The molecular formula is C14H21FN2O. The number of halogens is 1. The number of hydrogen-bond acceptors (Lipinski definition) is 2. The van der Waals surface area contributed by atoms with E-state index in [1.54, 1.807) is 24.1 Å². The molecular weight excluding hydrogens is 231 g/mol. The van der Waals surface area contributed by atoms with Gasteiger partial charge in [-0.15, -0.1) is 0 Å². The summed E-state index contributed by atoms with van der Waals surface area (Å²) in [6.45, 7) is 4.28. The molecule has 0 spiro atoms. The maximum Gasteiger partial charge on any atom is 0.226 e. The predicted octanol–water partition coefficient (Wildman–Crippen LogP) is 1.81. The molecule has 0 aliphatic heterocycles. The van der Waals surface area contributed by atoms with Crippen molar-refractivity contribution in [3.05, 3.63) is 35.6 Å². The van der Waals surface area contributed by atoms with Crippen LogP contribution < -0.4 is 5.73 Å². The highest BCUT2D eigenvalue weighted by Gasteiger charge is 2.20. The molecule has 1 rings (SSSR count). The first-order valence-electron chi connectivity index (χ1n) is 6.17. The normalized spacial score (nSPS) is 14.1. The Morgan fingerprint density at radius 1 is 1.33 bits per heavy atom. The maximum absolute atomic E-state index is 12.7. The van der Waals surface area contributed by atoms with Crippen molar-refractivity contribution >= 4 is 5.91 Å². The summed E-state index contributed by atoms with van der Waals surface area (Å²) >= 11 is 0. The van der Waals surface area contributed by atoms with E-state index in [1.165, 1.54) is 12.1 Å². The molecule has 2 atom stereocenters. The largest absolute Gasteiger partial charge is 0.345 e. The minimum Gasteiger partial charge on any atom is -0.345 e. The van der Waals surface area contributed by atoms with Crippen LogP contribution in [0, 0.1) is 11.7 Å². The highest BCUT2D eigenvalue weighted by Crippen LogP contribution is 2.07. The van der Waals surface area contributed by atoms with E-state index in [9.17, 15) is 9.18 Å². The van der Waals surface area contributed by atoms with Gasteiger partial charge in [-0.2, -0.15) is 0 Å². The average molecular weight is 252 g/mol. The average Bonchev–Trinajstić information content (AvgIpc) is 2.35. The molecule has 1 amide bonds. The maximum atomic E-state index is 12.7. The lowest BCUT2D eigenvalue weighted by atomic mass is 10.0. The van der Waals surface area contributed by atoms with Gasteiger partial charge in [0.1, 0.15) is 5.82 Å². The zero-order valence-corrected chi connectivity index (χ0v) is 11.2. The molecule has 4 heteroatoms. The van der Waals surface area contributed by atoms with E-state index in [-0.39, 0.29) is 23.7 Å². The van der Waals surface area contributed by atoms with Gasteiger partial charge in [-0.05, 0) is 31.0 Å². The van der Waals surface area contributed by atoms with Crippen LogP contribution in [-0.4, -0.2) is 30.4 Å². The molecule has 0 aliphatic carbocycles. The Kier molecular flexibility index (Phi) is 5.28. The van der Waals surface area contributed by atoms with Crippen molar-refractivity contribution in [1.29, 1.82) is 0 Å². The van der Waals surface area contributed by atoms with Gasteiger partial charge in [0.25, 0.3) is 0 Å². The van der Waals surface area contributed by atoms with Crippen LogP contribution in [0.1, 0.15) is 19.4 Å². The molecule has 2 N–H and O–H groups in total. The first-order chi connectivity index (χ1) is 8.41. The minimum atomic E-state index is -0.242. The fourth-order valence-corrected chi connectivity index (χ4v) is 1.63. The second-order valence-corrected chi connectivity index (χ2v) is 4.78. The number of carbonyl (C=O) groups is 1. The van der Waals surface area contributed by atoms with E-state index in [2.05, 4.69) is 0 Å². The quantitative estimate of drug-likeness (QED) is 0.868. The van der Waals surface area contributed by atoms with Crippen molar-refractivity contribution in [2.24, 2.45) is 11.7 Å². The van der Waals surface area contributed by atoms with E-state index in [0.717, 1.165) is 5.56 Å². The fourth-order valence-electron chi connectivity index (χ4n) is 1.63. The van der Waals surface area contributed by atoms with Crippen LogP contribution in [0.15, 0.2) is 24.3 Å². The number of rotatable bonds is 5. The molecule has 0 radical (unpaired) electrons. The molecule has 2 unspecified atom stereocenters. The molecule has 0 heterocycles. The van der Waals surface area contributed by atoms with Crippen LogP contribution in [0.4, 0.5) is 4.39 Å². The monoisotopic (exact) mass is 252 g/mol. The van der Waals surface area contributed by atoms with Crippen LogP contribution in [0.5, 0.6) is 0 Å². The number of amides is 1. The minimum absolute atomic E-state index is 0.0483. The SMILES string of the molecule is CC(N)C(C)C(=O)N(C)CCc1ccc(F)cc1. The van der Waals surface area contributed by atoms with Crippen LogP contribution in [0.2, 0.25) is 0 Å². The number of hydrogen-bond donors (Lipinski definition) is 1. The number of likely N-dealkylation sites (N-methyl/N-ethyl adjacent to an activating group) is 1. The van der Waals surface area contributed by atoms with Crippen molar-refractivity contribution in [3.8, 4) is 0 Å². The van der Waals surface area contributed by atoms with Crippen molar-refractivity contribution in [2.45, 2.75) is 26.3 Å². The van der Waals surface area contributed by atoms with Crippen LogP contribution >= 0.6 is 0 Å². The Balaban J connectivity index is 2.48. The molecule has 18 heavy (non-hydrogen) atoms. The van der Waals surface area contributed by atoms with Crippen LogP contribution in [0.3, 0.4) is 0 Å². The summed E-state index contributed by atoms with van der Waals surface area (Å²) in [5.41, 5.74) is 6.73. The smallest absolute Gasteiger partial charge is 0.226 e. The Morgan fingerprint density at radius 2 is 1.89 bits per heavy atom. The third-order valence-corrected chi connectivity index (χ3v) is 3.20. The third-order valence-electron chi connectivity index (χ3n) is 3.20. The van der Waals surface area contributed by atoms with Crippen molar-refractivity contribution in [1.82, 2.24) is 4.90 Å². The summed E-state index contributed by atoms with van der Waals surface area (Å²) in [4.78, 5) is 13.6. The Labute approximate surface area is 108 Å². The third kappa shape index (κ3) is 4.11. The molecule has 0 saturated heterocycles. The molecule has 100 valence electrons. The molecule has 3 nitrogen and oxygen atoms in total. The lowest BCUT2D eigenvalue weighted by Gasteiger charge is -2.23. The van der Waals surface area contributed by atoms with Gasteiger partial charge in [0.2, 0.25) is 5.91 Å². The molecule has 0 saturated carbocycles. The Hall–Kier alpha value is -1.42. The summed E-state index contributed by atoms with van der Waals surface area (Å²) in [5, 5.41) is 0. The molecule has 0 bridgehead atoms. The standard InChI is InChI=1S/C14H21FN2O/c1-10(11(2)16)14(18)17(3)9-8-12-4-6-13(15)7-5-12/h4-7,10-11H,8-9,16H2,1-3H3.